The third-order valence-electron chi connectivity index (χ3n) is 7.08. The van der Waals surface area contributed by atoms with Crippen molar-refractivity contribution in [2.24, 2.45) is 0 Å². The third kappa shape index (κ3) is 6.65. The van der Waals surface area contributed by atoms with Gasteiger partial charge in [0.25, 0.3) is 17.1 Å². The number of morpholine rings is 1. The van der Waals surface area contributed by atoms with E-state index < -0.39 is 0 Å². The maximum Gasteiger partial charge on any atom is 0.293 e. The van der Waals surface area contributed by atoms with Crippen molar-refractivity contribution in [1.29, 1.82) is 0 Å². The van der Waals surface area contributed by atoms with Crippen LogP contribution in [0.2, 0.25) is 5.02 Å². The summed E-state index contributed by atoms with van der Waals surface area (Å²) in [5, 5.41) is 0.304. The van der Waals surface area contributed by atoms with Gasteiger partial charge in [0, 0.05) is 62.9 Å². The number of nitrogens with zero attached hydrogens (tertiary/aromatic N) is 4. The molecule has 0 atom stereocenters. The van der Waals surface area contributed by atoms with E-state index in [0.717, 1.165) is 75.4 Å². The smallest absolute Gasteiger partial charge is 0.293 e. The molecule has 38 heavy (non-hydrogen) atoms. The summed E-state index contributed by atoms with van der Waals surface area (Å²) in [6.45, 7) is 9.05. The molecule has 5 rings (SSSR count). The summed E-state index contributed by atoms with van der Waals surface area (Å²) in [4.78, 5) is 46.7. The fourth-order valence-electron chi connectivity index (χ4n) is 4.75. The number of halogens is 1. The molecule has 200 valence electrons. The summed E-state index contributed by atoms with van der Waals surface area (Å²) < 4.78 is 5.41. The second-order valence-electron chi connectivity index (χ2n) is 9.60. The molecule has 3 saturated heterocycles. The van der Waals surface area contributed by atoms with Crippen LogP contribution < -0.4 is 0 Å². The predicted octanol–water partition coefficient (Wildman–Crippen LogP) is 3.67. The number of imide groups is 1. The predicted molar refractivity (Wildman–Crippen MR) is 149 cm³/mol. The lowest BCUT2D eigenvalue weighted by atomic mass is 10.1. The highest BCUT2D eigenvalue weighted by Crippen LogP contribution is 2.33. The van der Waals surface area contributed by atoms with E-state index in [1.54, 1.807) is 42.5 Å². The molecule has 3 aliphatic rings. The lowest BCUT2D eigenvalue weighted by molar-refractivity contribution is -0.123. The largest absolute Gasteiger partial charge is 0.379 e. The van der Waals surface area contributed by atoms with Crippen molar-refractivity contribution in [2.75, 3.05) is 65.6 Å². The summed E-state index contributed by atoms with van der Waals surface area (Å²) in [5.41, 5.74) is 2.23. The number of hydrogen-bond acceptors (Lipinski definition) is 7. The molecular formula is C28H31ClN4O4S. The number of benzene rings is 2. The van der Waals surface area contributed by atoms with Crippen molar-refractivity contribution >= 4 is 46.5 Å². The average Bonchev–Trinajstić information content (AvgIpc) is 3.21. The van der Waals surface area contributed by atoms with Crippen LogP contribution in [0.4, 0.5) is 4.79 Å². The van der Waals surface area contributed by atoms with Gasteiger partial charge in [0.05, 0.1) is 24.7 Å². The summed E-state index contributed by atoms with van der Waals surface area (Å²) in [6, 6.07) is 14.3. The minimum atomic E-state index is -0.318. The fraction of sp³-hybridized carbons (Fsp3) is 0.393. The summed E-state index contributed by atoms with van der Waals surface area (Å²) >= 11 is 6.85. The Bertz CT molecular complexity index is 1190. The molecule has 0 bridgehead atoms. The Labute approximate surface area is 232 Å². The number of carbonyl (C=O) groups is 3. The Morgan fingerprint density at radius 3 is 2.16 bits per heavy atom. The highest BCUT2D eigenvalue weighted by molar-refractivity contribution is 8.18. The van der Waals surface area contributed by atoms with Gasteiger partial charge in [-0.05, 0) is 53.2 Å². The summed E-state index contributed by atoms with van der Waals surface area (Å²) in [5.74, 6) is -0.297. The first-order chi connectivity index (χ1) is 18.5. The van der Waals surface area contributed by atoms with Crippen molar-refractivity contribution in [3.8, 4) is 0 Å². The van der Waals surface area contributed by atoms with Gasteiger partial charge < -0.3 is 9.64 Å². The standard InChI is InChI=1S/C28H31ClN4O4S/c29-24-7-3-22(4-8-24)20-33-27(35)25(38-28(33)36)19-21-1-5-23(6-2-21)26(34)32-13-11-30(12-14-32)9-10-31-15-17-37-18-16-31/h1-8,19H,9-18,20H2. The zero-order chi connectivity index (χ0) is 26.5. The van der Waals surface area contributed by atoms with E-state index in [2.05, 4.69) is 9.80 Å². The monoisotopic (exact) mass is 554 g/mol. The molecule has 0 N–H and O–H groups in total. The quantitative estimate of drug-likeness (QED) is 0.484. The van der Waals surface area contributed by atoms with Gasteiger partial charge in [0.15, 0.2) is 0 Å². The topological polar surface area (TPSA) is 73.4 Å². The van der Waals surface area contributed by atoms with Crippen LogP contribution in [0.3, 0.4) is 0 Å². The number of hydrogen-bond donors (Lipinski definition) is 0. The molecule has 10 heteroatoms. The van der Waals surface area contributed by atoms with Crippen LogP contribution in [0, 0.1) is 0 Å². The Morgan fingerprint density at radius 2 is 1.50 bits per heavy atom. The first-order valence-electron chi connectivity index (χ1n) is 12.9. The van der Waals surface area contributed by atoms with Gasteiger partial charge in [-0.1, -0.05) is 35.9 Å². The van der Waals surface area contributed by atoms with Gasteiger partial charge in [0.2, 0.25) is 0 Å². The lowest BCUT2D eigenvalue weighted by Crippen LogP contribution is -2.51. The number of carbonyl (C=O) groups excluding carboxylic acids is 3. The molecule has 0 aromatic heterocycles. The maximum absolute atomic E-state index is 13.1. The molecule has 2 aromatic rings. The highest BCUT2D eigenvalue weighted by atomic mass is 35.5. The van der Waals surface area contributed by atoms with Crippen LogP contribution in [0.5, 0.6) is 0 Å². The van der Waals surface area contributed by atoms with Gasteiger partial charge in [-0.3, -0.25) is 29.1 Å². The van der Waals surface area contributed by atoms with Crippen molar-refractivity contribution in [2.45, 2.75) is 6.54 Å². The molecule has 0 saturated carbocycles. The first-order valence-corrected chi connectivity index (χ1v) is 14.1. The molecule has 3 amide bonds. The van der Waals surface area contributed by atoms with Gasteiger partial charge in [-0.2, -0.15) is 0 Å². The SMILES string of the molecule is O=C(c1ccc(C=C2SC(=O)N(Cc3ccc(Cl)cc3)C2=O)cc1)N1CCN(CCN2CCOCC2)CC1. The molecule has 0 unspecified atom stereocenters. The summed E-state index contributed by atoms with van der Waals surface area (Å²) in [6.07, 6.45) is 1.70. The minimum absolute atomic E-state index is 0.0210. The van der Waals surface area contributed by atoms with Crippen LogP contribution >= 0.6 is 23.4 Å². The van der Waals surface area contributed by atoms with Gasteiger partial charge in [0.1, 0.15) is 0 Å². The molecule has 0 spiro atoms. The zero-order valence-electron chi connectivity index (χ0n) is 21.2. The van der Waals surface area contributed by atoms with Crippen LogP contribution in [-0.2, 0) is 16.1 Å². The Balaban J connectivity index is 1.13. The van der Waals surface area contributed by atoms with Crippen LogP contribution in [-0.4, -0.2) is 102 Å². The average molecular weight is 555 g/mol. The number of piperazine rings is 1. The van der Waals surface area contributed by atoms with Crippen LogP contribution in [0.15, 0.2) is 53.4 Å². The van der Waals surface area contributed by atoms with E-state index in [1.165, 1.54) is 4.90 Å². The van der Waals surface area contributed by atoms with Crippen molar-refractivity contribution in [3.05, 3.63) is 75.1 Å². The normalized spacial score (nSPS) is 20.5. The molecule has 8 nitrogen and oxygen atoms in total. The van der Waals surface area contributed by atoms with Crippen molar-refractivity contribution < 1.29 is 19.1 Å². The van der Waals surface area contributed by atoms with Gasteiger partial charge >= 0.3 is 0 Å². The Morgan fingerprint density at radius 1 is 0.868 bits per heavy atom. The van der Waals surface area contributed by atoms with Gasteiger partial charge in [-0.15, -0.1) is 0 Å². The molecule has 0 radical (unpaired) electrons. The molecule has 3 heterocycles. The zero-order valence-corrected chi connectivity index (χ0v) is 22.8. The molecule has 2 aromatic carbocycles. The number of ether oxygens (including phenoxy) is 1. The number of thioether (sulfide) groups is 1. The summed E-state index contributed by atoms with van der Waals surface area (Å²) in [7, 11) is 0. The fourth-order valence-corrected chi connectivity index (χ4v) is 5.71. The molecule has 3 fully saturated rings. The molecule has 3 aliphatic heterocycles. The number of amides is 3. The van der Waals surface area contributed by atoms with E-state index in [1.807, 2.05) is 17.0 Å². The molecular weight excluding hydrogens is 524 g/mol. The molecule has 0 aliphatic carbocycles. The number of rotatable bonds is 7. The second kappa shape index (κ2) is 12.4. The first kappa shape index (κ1) is 26.9. The maximum atomic E-state index is 13.1. The Kier molecular flexibility index (Phi) is 8.81. The van der Waals surface area contributed by atoms with E-state index >= 15 is 0 Å². The second-order valence-corrected chi connectivity index (χ2v) is 11.0. The van der Waals surface area contributed by atoms with E-state index in [0.29, 0.717) is 28.6 Å². The minimum Gasteiger partial charge on any atom is -0.379 e. The van der Waals surface area contributed by atoms with E-state index in [4.69, 9.17) is 16.3 Å². The Hall–Kier alpha value is -2.69. The van der Waals surface area contributed by atoms with Crippen molar-refractivity contribution in [1.82, 2.24) is 19.6 Å². The van der Waals surface area contributed by atoms with Crippen LogP contribution in [0.1, 0.15) is 21.5 Å². The van der Waals surface area contributed by atoms with Crippen LogP contribution in [0.25, 0.3) is 6.08 Å². The van der Waals surface area contributed by atoms with E-state index in [-0.39, 0.29) is 23.6 Å². The highest BCUT2D eigenvalue weighted by Gasteiger charge is 2.35. The van der Waals surface area contributed by atoms with Gasteiger partial charge in [-0.25, -0.2) is 0 Å². The van der Waals surface area contributed by atoms with Crippen molar-refractivity contribution in [3.63, 3.8) is 0 Å². The third-order valence-corrected chi connectivity index (χ3v) is 8.24. The lowest BCUT2D eigenvalue weighted by Gasteiger charge is -2.36. The van der Waals surface area contributed by atoms with E-state index in [9.17, 15) is 14.4 Å².